The van der Waals surface area contributed by atoms with Gasteiger partial charge in [-0.2, -0.15) is 0 Å². The lowest BCUT2D eigenvalue weighted by molar-refractivity contribution is 0.00344. The third kappa shape index (κ3) is 4.08. The largest absolute Gasteiger partial charge is 0.384 e. The second-order valence-corrected chi connectivity index (χ2v) is 5.42. The predicted molar refractivity (Wildman–Crippen MR) is 82.6 cm³/mol. The fraction of sp³-hybridized carbons (Fsp3) is 0.667. The van der Waals surface area contributed by atoms with Crippen LogP contribution in [0.5, 0.6) is 0 Å². The molecule has 2 N–H and O–H groups in total. The number of hydrogen-bond acceptors (Lipinski definition) is 5. The van der Waals surface area contributed by atoms with Crippen molar-refractivity contribution in [3.63, 3.8) is 0 Å². The average molecular weight is 278 g/mol. The summed E-state index contributed by atoms with van der Waals surface area (Å²) in [5.41, 5.74) is 6.87. The summed E-state index contributed by atoms with van der Waals surface area (Å²) in [6, 6.07) is 0.721. The van der Waals surface area contributed by atoms with E-state index in [0.29, 0.717) is 5.82 Å². The van der Waals surface area contributed by atoms with Crippen LogP contribution < -0.4 is 5.73 Å². The predicted octanol–water partition coefficient (Wildman–Crippen LogP) is 1.19. The zero-order valence-corrected chi connectivity index (χ0v) is 12.4. The lowest BCUT2D eigenvalue weighted by Crippen LogP contribution is -2.48. The molecule has 0 amide bonds. The summed E-state index contributed by atoms with van der Waals surface area (Å²) in [7, 11) is 0. The molecular weight excluding hydrogens is 252 g/mol. The lowest BCUT2D eigenvalue weighted by Gasteiger charge is -2.41. The van der Waals surface area contributed by atoms with Gasteiger partial charge in [-0.3, -0.25) is 4.90 Å². The Labute approximate surface area is 121 Å². The number of nitrogens with zero attached hydrogens (tertiary/aromatic N) is 3. The molecule has 0 radical (unpaired) electrons. The molecule has 0 unspecified atom stereocenters. The highest BCUT2D eigenvalue weighted by Gasteiger charge is 2.25. The van der Waals surface area contributed by atoms with Gasteiger partial charge in [0.25, 0.3) is 0 Å². The van der Waals surface area contributed by atoms with Crippen LogP contribution >= 0.6 is 0 Å². The maximum atomic E-state index is 5.62. The van der Waals surface area contributed by atoms with Gasteiger partial charge >= 0.3 is 0 Å². The molecule has 0 saturated carbocycles. The van der Waals surface area contributed by atoms with Crippen molar-refractivity contribution in [3.8, 4) is 0 Å². The van der Waals surface area contributed by atoms with E-state index >= 15 is 0 Å². The Morgan fingerprint density at radius 1 is 1.20 bits per heavy atom. The van der Waals surface area contributed by atoms with Gasteiger partial charge in [-0.1, -0.05) is 0 Å². The van der Waals surface area contributed by atoms with Gasteiger partial charge in [0.2, 0.25) is 0 Å². The second-order valence-electron chi connectivity index (χ2n) is 5.42. The highest BCUT2D eigenvalue weighted by Crippen LogP contribution is 2.20. The fourth-order valence-electron chi connectivity index (χ4n) is 2.89. The van der Waals surface area contributed by atoms with E-state index in [1.165, 1.54) is 18.5 Å². The number of rotatable bonds is 4. The fourth-order valence-corrected chi connectivity index (χ4v) is 2.89. The Bertz CT molecular complexity index is 377. The zero-order chi connectivity index (χ0) is 14.4. The Morgan fingerprint density at radius 2 is 1.85 bits per heavy atom. The maximum Gasteiger partial charge on any atom is 0.122 e. The Kier molecular flexibility index (Phi) is 5.61. The van der Waals surface area contributed by atoms with E-state index < -0.39 is 0 Å². The van der Waals surface area contributed by atoms with Gasteiger partial charge in [-0.05, 0) is 38.6 Å². The molecule has 0 aliphatic carbocycles. The molecular formula is C15H26N4O. The molecule has 2 rings (SSSR count). The first-order valence-electron chi connectivity index (χ1n) is 7.38. The van der Waals surface area contributed by atoms with E-state index in [4.69, 9.17) is 10.5 Å². The Morgan fingerprint density at radius 3 is 2.45 bits per heavy atom. The molecule has 112 valence electrons. The van der Waals surface area contributed by atoms with Crippen LogP contribution in [0.2, 0.25) is 0 Å². The quantitative estimate of drug-likeness (QED) is 0.620. The number of ether oxygens (including phenoxy) is 1. The summed E-state index contributed by atoms with van der Waals surface area (Å²) in [5, 5.41) is 0. The van der Waals surface area contributed by atoms with Crippen LogP contribution in [-0.2, 0) is 4.74 Å². The van der Waals surface area contributed by atoms with Crippen molar-refractivity contribution < 1.29 is 4.74 Å². The first kappa shape index (κ1) is 15.1. The number of piperidine rings is 1. The molecule has 2 fully saturated rings. The van der Waals surface area contributed by atoms with Crippen molar-refractivity contribution in [3.05, 3.63) is 23.7 Å². The summed E-state index contributed by atoms with van der Waals surface area (Å²) in [6.07, 6.45) is 6.30. The standard InChI is InChI=1S/C15H26N4O/c1-13(3-4-15(16)17-2)18-7-5-14(6-8-18)19-9-11-20-12-10-19/h3-4,14H,2,5-12,16H2,1H3/b13-3+,15-4-. The molecule has 2 aliphatic heterocycles. The van der Waals surface area contributed by atoms with Gasteiger partial charge < -0.3 is 15.4 Å². The molecule has 5 nitrogen and oxygen atoms in total. The topological polar surface area (TPSA) is 54.1 Å². The number of nitrogens with two attached hydrogens (primary N) is 1. The van der Waals surface area contributed by atoms with Gasteiger partial charge in [0, 0.05) is 37.9 Å². The first-order chi connectivity index (χ1) is 9.70. The van der Waals surface area contributed by atoms with Crippen molar-refractivity contribution in [1.82, 2.24) is 9.80 Å². The summed E-state index contributed by atoms with van der Waals surface area (Å²) in [4.78, 5) is 8.69. The van der Waals surface area contributed by atoms with Crippen LogP contribution in [0.4, 0.5) is 0 Å². The monoisotopic (exact) mass is 278 g/mol. The number of hydrogen-bond donors (Lipinski definition) is 1. The Hall–Kier alpha value is -1.33. The van der Waals surface area contributed by atoms with Gasteiger partial charge in [-0.25, -0.2) is 4.99 Å². The van der Waals surface area contributed by atoms with Crippen molar-refractivity contribution in [2.75, 3.05) is 39.4 Å². The highest BCUT2D eigenvalue weighted by atomic mass is 16.5. The summed E-state index contributed by atoms with van der Waals surface area (Å²) in [5.74, 6) is 0.465. The minimum Gasteiger partial charge on any atom is -0.384 e. The van der Waals surface area contributed by atoms with E-state index in [1.54, 1.807) is 0 Å². The molecule has 2 heterocycles. The smallest absolute Gasteiger partial charge is 0.122 e. The zero-order valence-electron chi connectivity index (χ0n) is 12.4. The molecule has 20 heavy (non-hydrogen) atoms. The minimum absolute atomic E-state index is 0.465. The second kappa shape index (κ2) is 7.45. The van der Waals surface area contributed by atoms with E-state index in [1.807, 2.05) is 12.2 Å². The summed E-state index contributed by atoms with van der Waals surface area (Å²) < 4.78 is 5.42. The molecule has 0 aromatic heterocycles. The van der Waals surface area contributed by atoms with Gasteiger partial charge in [0.15, 0.2) is 0 Å². The first-order valence-corrected chi connectivity index (χ1v) is 7.38. The van der Waals surface area contributed by atoms with E-state index in [-0.39, 0.29) is 0 Å². The van der Waals surface area contributed by atoms with Crippen molar-refractivity contribution in [1.29, 1.82) is 0 Å². The molecule has 0 bridgehead atoms. The molecule has 0 aromatic carbocycles. The minimum atomic E-state index is 0.465. The molecule has 2 aliphatic rings. The van der Waals surface area contributed by atoms with Crippen molar-refractivity contribution >= 4 is 6.72 Å². The van der Waals surface area contributed by atoms with Crippen LogP contribution in [0, 0.1) is 0 Å². The number of likely N-dealkylation sites (tertiary alicyclic amines) is 1. The third-order valence-corrected chi connectivity index (χ3v) is 4.20. The van der Waals surface area contributed by atoms with Crippen LogP contribution in [0.25, 0.3) is 0 Å². The maximum absolute atomic E-state index is 5.62. The normalized spacial score (nSPS) is 23.9. The van der Waals surface area contributed by atoms with Gasteiger partial charge in [0.1, 0.15) is 5.82 Å². The van der Waals surface area contributed by atoms with Crippen LogP contribution in [0.1, 0.15) is 19.8 Å². The van der Waals surface area contributed by atoms with Crippen LogP contribution in [-0.4, -0.2) is 62.0 Å². The molecule has 0 spiro atoms. The highest BCUT2D eigenvalue weighted by molar-refractivity contribution is 5.29. The lowest BCUT2D eigenvalue weighted by atomic mass is 10.0. The van der Waals surface area contributed by atoms with Gasteiger partial charge in [0.05, 0.1) is 13.2 Å². The summed E-state index contributed by atoms with van der Waals surface area (Å²) >= 11 is 0. The number of morpholine rings is 1. The molecule has 0 atom stereocenters. The van der Waals surface area contributed by atoms with Gasteiger partial charge in [-0.15, -0.1) is 0 Å². The van der Waals surface area contributed by atoms with Crippen molar-refractivity contribution in [2.24, 2.45) is 10.7 Å². The Balaban J connectivity index is 1.82. The molecule has 5 heteroatoms. The number of allylic oxidation sites excluding steroid dienone is 3. The van der Waals surface area contributed by atoms with E-state index in [2.05, 4.69) is 28.4 Å². The molecule has 0 aromatic rings. The number of aliphatic imine (C=N–C) groups is 1. The SMILES string of the molecule is C=N/C(N)=C\C=C(/C)N1CCC(N2CCOCC2)CC1. The van der Waals surface area contributed by atoms with E-state index in [0.717, 1.165) is 45.4 Å². The van der Waals surface area contributed by atoms with Crippen LogP contribution in [0.3, 0.4) is 0 Å². The van der Waals surface area contributed by atoms with Crippen LogP contribution in [0.15, 0.2) is 28.7 Å². The molecule has 2 saturated heterocycles. The third-order valence-electron chi connectivity index (χ3n) is 4.20. The van der Waals surface area contributed by atoms with E-state index in [9.17, 15) is 0 Å². The average Bonchev–Trinajstić information content (AvgIpc) is 2.53. The summed E-state index contributed by atoms with van der Waals surface area (Å²) in [6.45, 7) is 11.7. The van der Waals surface area contributed by atoms with Crippen molar-refractivity contribution in [2.45, 2.75) is 25.8 Å².